The Morgan fingerprint density at radius 1 is 1.00 bits per heavy atom. The number of Topliss-reactive ketones (excluding diaryl/α,β-unsaturated/α-hetero) is 1. The molecule has 0 radical (unpaired) electrons. The zero-order chi connectivity index (χ0) is 17.6. The zero-order valence-corrected chi connectivity index (χ0v) is 15.4. The van der Waals surface area contributed by atoms with E-state index in [1.807, 2.05) is 59.5 Å². The molecule has 5 heteroatoms. The minimum atomic E-state index is 0.0235. The summed E-state index contributed by atoms with van der Waals surface area (Å²) < 4.78 is 0. The summed E-state index contributed by atoms with van der Waals surface area (Å²) in [4.78, 5) is 27.8. The SMILES string of the molecule is O=C(c1ccccc1)C1CCN(C(=O)CSc2ccc(Cl)cc2)CC1. The van der Waals surface area contributed by atoms with Gasteiger partial charge >= 0.3 is 0 Å². The van der Waals surface area contributed by atoms with Crippen LogP contribution in [-0.4, -0.2) is 35.4 Å². The van der Waals surface area contributed by atoms with Gasteiger partial charge in [0.2, 0.25) is 5.91 Å². The monoisotopic (exact) mass is 373 g/mol. The maximum Gasteiger partial charge on any atom is 0.232 e. The lowest BCUT2D eigenvalue weighted by Crippen LogP contribution is -2.41. The van der Waals surface area contributed by atoms with Gasteiger partial charge in [0.25, 0.3) is 0 Å². The summed E-state index contributed by atoms with van der Waals surface area (Å²) in [6.07, 6.45) is 1.48. The van der Waals surface area contributed by atoms with Gasteiger partial charge in [-0.15, -0.1) is 11.8 Å². The van der Waals surface area contributed by atoms with E-state index in [1.165, 1.54) is 11.8 Å². The van der Waals surface area contributed by atoms with E-state index in [2.05, 4.69) is 0 Å². The van der Waals surface area contributed by atoms with Gasteiger partial charge in [-0.2, -0.15) is 0 Å². The maximum absolute atomic E-state index is 12.5. The third-order valence-corrected chi connectivity index (χ3v) is 5.70. The fourth-order valence-corrected chi connectivity index (χ4v) is 3.92. The van der Waals surface area contributed by atoms with E-state index in [4.69, 9.17) is 11.6 Å². The normalized spacial score (nSPS) is 15.2. The number of thioether (sulfide) groups is 1. The van der Waals surface area contributed by atoms with Crippen LogP contribution in [0.15, 0.2) is 59.5 Å². The maximum atomic E-state index is 12.5. The number of halogens is 1. The van der Waals surface area contributed by atoms with Gasteiger partial charge < -0.3 is 4.90 Å². The van der Waals surface area contributed by atoms with Gasteiger partial charge in [0.1, 0.15) is 0 Å². The number of likely N-dealkylation sites (tertiary alicyclic amines) is 1. The molecular formula is C20H20ClNO2S. The third kappa shape index (κ3) is 4.86. The van der Waals surface area contributed by atoms with Gasteiger partial charge in [0, 0.05) is 34.5 Å². The van der Waals surface area contributed by atoms with Crippen LogP contribution in [0.5, 0.6) is 0 Å². The van der Waals surface area contributed by atoms with Crippen molar-refractivity contribution >= 4 is 35.1 Å². The highest BCUT2D eigenvalue weighted by molar-refractivity contribution is 8.00. The van der Waals surface area contributed by atoms with Crippen LogP contribution in [0.25, 0.3) is 0 Å². The molecule has 1 heterocycles. The number of hydrogen-bond donors (Lipinski definition) is 0. The number of nitrogens with zero attached hydrogens (tertiary/aromatic N) is 1. The molecule has 1 fully saturated rings. The molecule has 0 N–H and O–H groups in total. The Labute approximate surface area is 157 Å². The highest BCUT2D eigenvalue weighted by atomic mass is 35.5. The van der Waals surface area contributed by atoms with Gasteiger partial charge in [-0.3, -0.25) is 9.59 Å². The molecular weight excluding hydrogens is 354 g/mol. The Morgan fingerprint density at radius 2 is 1.64 bits per heavy atom. The number of rotatable bonds is 5. The van der Waals surface area contributed by atoms with Crippen LogP contribution < -0.4 is 0 Å². The van der Waals surface area contributed by atoms with E-state index in [-0.39, 0.29) is 17.6 Å². The Balaban J connectivity index is 1.47. The van der Waals surface area contributed by atoms with E-state index in [0.717, 1.165) is 23.3 Å². The van der Waals surface area contributed by atoms with Crippen molar-refractivity contribution in [1.82, 2.24) is 4.90 Å². The average Bonchev–Trinajstić information content (AvgIpc) is 2.67. The van der Waals surface area contributed by atoms with Crippen LogP contribution in [0.3, 0.4) is 0 Å². The summed E-state index contributed by atoms with van der Waals surface area (Å²) in [5.74, 6) is 0.767. The van der Waals surface area contributed by atoms with Crippen molar-refractivity contribution in [3.05, 3.63) is 65.2 Å². The first-order chi connectivity index (χ1) is 12.1. The number of carbonyl (C=O) groups is 2. The topological polar surface area (TPSA) is 37.4 Å². The number of piperidine rings is 1. The molecule has 1 aliphatic heterocycles. The Kier molecular flexibility index (Phi) is 6.16. The summed E-state index contributed by atoms with van der Waals surface area (Å²) >= 11 is 7.39. The molecule has 0 bridgehead atoms. The van der Waals surface area contributed by atoms with Crippen LogP contribution in [0.4, 0.5) is 0 Å². The van der Waals surface area contributed by atoms with Crippen molar-refractivity contribution < 1.29 is 9.59 Å². The standard InChI is InChI=1S/C20H20ClNO2S/c21-17-6-8-18(9-7-17)25-14-19(23)22-12-10-16(11-13-22)20(24)15-4-2-1-3-5-15/h1-9,16H,10-14H2. The van der Waals surface area contributed by atoms with Crippen molar-refractivity contribution in [3.63, 3.8) is 0 Å². The first kappa shape index (κ1) is 18.0. The molecule has 0 aromatic heterocycles. The first-order valence-corrected chi connectivity index (χ1v) is 9.75. The Bertz CT molecular complexity index is 725. The summed E-state index contributed by atoms with van der Waals surface area (Å²) in [5.41, 5.74) is 0.769. The molecule has 0 aliphatic carbocycles. The number of carbonyl (C=O) groups excluding carboxylic acids is 2. The Morgan fingerprint density at radius 3 is 2.28 bits per heavy atom. The van der Waals surface area contributed by atoms with Crippen molar-refractivity contribution in [1.29, 1.82) is 0 Å². The van der Waals surface area contributed by atoms with Gasteiger partial charge in [-0.1, -0.05) is 41.9 Å². The molecule has 0 saturated carbocycles. The summed E-state index contributed by atoms with van der Waals surface area (Å²) in [7, 11) is 0. The van der Waals surface area contributed by atoms with E-state index < -0.39 is 0 Å². The number of amides is 1. The molecule has 0 unspecified atom stereocenters. The third-order valence-electron chi connectivity index (χ3n) is 4.45. The van der Waals surface area contributed by atoms with E-state index in [1.54, 1.807) is 0 Å². The van der Waals surface area contributed by atoms with Crippen LogP contribution in [-0.2, 0) is 4.79 Å². The minimum Gasteiger partial charge on any atom is -0.342 e. The summed E-state index contributed by atoms with van der Waals surface area (Å²) in [6, 6.07) is 16.9. The molecule has 25 heavy (non-hydrogen) atoms. The number of ketones is 1. The number of hydrogen-bond acceptors (Lipinski definition) is 3. The van der Waals surface area contributed by atoms with Gasteiger partial charge in [-0.25, -0.2) is 0 Å². The lowest BCUT2D eigenvalue weighted by atomic mass is 9.89. The highest BCUT2D eigenvalue weighted by Gasteiger charge is 2.27. The van der Waals surface area contributed by atoms with E-state index in [0.29, 0.717) is 23.9 Å². The van der Waals surface area contributed by atoms with Crippen molar-refractivity contribution in [2.45, 2.75) is 17.7 Å². The van der Waals surface area contributed by atoms with Crippen molar-refractivity contribution in [3.8, 4) is 0 Å². The fraction of sp³-hybridized carbons (Fsp3) is 0.300. The molecule has 1 amide bonds. The van der Waals surface area contributed by atoms with Gasteiger partial charge in [0.15, 0.2) is 5.78 Å². The molecule has 1 saturated heterocycles. The van der Waals surface area contributed by atoms with Crippen LogP contribution in [0.1, 0.15) is 23.2 Å². The summed E-state index contributed by atoms with van der Waals surface area (Å²) in [5, 5.41) is 0.695. The smallest absolute Gasteiger partial charge is 0.232 e. The molecule has 0 spiro atoms. The number of benzene rings is 2. The second-order valence-electron chi connectivity index (χ2n) is 6.13. The summed E-state index contributed by atoms with van der Waals surface area (Å²) in [6.45, 7) is 1.31. The molecule has 0 atom stereocenters. The molecule has 3 rings (SSSR count). The predicted molar refractivity (Wildman–Crippen MR) is 102 cm³/mol. The predicted octanol–water partition coefficient (Wildman–Crippen LogP) is 4.55. The lowest BCUT2D eigenvalue weighted by molar-refractivity contribution is -0.129. The molecule has 3 nitrogen and oxygen atoms in total. The lowest BCUT2D eigenvalue weighted by Gasteiger charge is -2.31. The first-order valence-electron chi connectivity index (χ1n) is 8.39. The zero-order valence-electron chi connectivity index (χ0n) is 13.9. The highest BCUT2D eigenvalue weighted by Crippen LogP contribution is 2.24. The van der Waals surface area contributed by atoms with E-state index in [9.17, 15) is 9.59 Å². The van der Waals surface area contributed by atoms with Crippen molar-refractivity contribution in [2.75, 3.05) is 18.8 Å². The van der Waals surface area contributed by atoms with Gasteiger partial charge in [0.05, 0.1) is 5.75 Å². The average molecular weight is 374 g/mol. The van der Waals surface area contributed by atoms with Crippen LogP contribution in [0.2, 0.25) is 5.02 Å². The van der Waals surface area contributed by atoms with Crippen LogP contribution in [0, 0.1) is 5.92 Å². The quantitative estimate of drug-likeness (QED) is 0.569. The molecule has 130 valence electrons. The second-order valence-corrected chi connectivity index (χ2v) is 7.61. The van der Waals surface area contributed by atoms with Crippen molar-refractivity contribution in [2.24, 2.45) is 5.92 Å². The fourth-order valence-electron chi connectivity index (χ4n) is 3.00. The molecule has 1 aliphatic rings. The van der Waals surface area contributed by atoms with Crippen LogP contribution >= 0.6 is 23.4 Å². The van der Waals surface area contributed by atoms with Gasteiger partial charge in [-0.05, 0) is 37.1 Å². The largest absolute Gasteiger partial charge is 0.342 e. The second kappa shape index (κ2) is 8.54. The molecule has 2 aromatic rings. The van der Waals surface area contributed by atoms with E-state index >= 15 is 0 Å². The minimum absolute atomic E-state index is 0.0235. The Hall–Kier alpha value is -1.78. The molecule has 2 aromatic carbocycles.